The lowest BCUT2D eigenvalue weighted by atomic mass is 10.3. The van der Waals surface area contributed by atoms with Crippen molar-refractivity contribution in [1.82, 2.24) is 10.2 Å². The molecule has 0 saturated carbocycles. The van der Waals surface area contributed by atoms with Crippen molar-refractivity contribution in [3.63, 3.8) is 0 Å². The molecule has 14 heavy (non-hydrogen) atoms. The number of halogens is 1. The third-order valence-corrected chi connectivity index (χ3v) is 3.13. The normalized spacial score (nSPS) is 12.5. The zero-order chi connectivity index (χ0) is 10.4. The van der Waals surface area contributed by atoms with E-state index in [0.717, 1.165) is 18.8 Å². The summed E-state index contributed by atoms with van der Waals surface area (Å²) >= 11 is 7.48. The number of nitrogens with zero attached hydrogens (tertiary/aromatic N) is 2. The van der Waals surface area contributed by atoms with Crippen molar-refractivity contribution in [3.05, 3.63) is 17.3 Å². The highest BCUT2D eigenvalue weighted by molar-refractivity contribution is 7.99. The Balaban J connectivity index is 2.28. The summed E-state index contributed by atoms with van der Waals surface area (Å²) in [6.07, 6.45) is 3.23. The summed E-state index contributed by atoms with van der Waals surface area (Å²) in [5.41, 5.74) is 0. The lowest BCUT2D eigenvalue weighted by Gasteiger charge is -2.08. The minimum atomic E-state index is 0.424. The Morgan fingerprint density at radius 2 is 2.29 bits per heavy atom. The van der Waals surface area contributed by atoms with Crippen LogP contribution in [0.1, 0.15) is 13.3 Å². The van der Waals surface area contributed by atoms with E-state index in [2.05, 4.69) is 28.7 Å². The minimum Gasteiger partial charge on any atom is -0.369 e. The molecule has 0 radical (unpaired) electrons. The third kappa shape index (κ3) is 4.15. The average Bonchev–Trinajstić information content (AvgIpc) is 2.21. The second-order valence-corrected chi connectivity index (χ2v) is 4.67. The number of thioether (sulfide) groups is 1. The molecule has 5 heteroatoms. The Labute approximate surface area is 93.6 Å². The number of anilines is 1. The molecular formula is C9H14ClN3S. The number of hydrogen-bond acceptors (Lipinski definition) is 4. The molecule has 0 amide bonds. The zero-order valence-corrected chi connectivity index (χ0v) is 9.90. The first-order chi connectivity index (χ1) is 6.72. The zero-order valence-electron chi connectivity index (χ0n) is 8.33. The molecule has 0 aliphatic rings. The summed E-state index contributed by atoms with van der Waals surface area (Å²) in [7, 11) is 0. The van der Waals surface area contributed by atoms with Gasteiger partial charge in [-0.05, 0) is 24.8 Å². The maximum absolute atomic E-state index is 5.61. The molecule has 1 aromatic heterocycles. The molecular weight excluding hydrogens is 218 g/mol. The van der Waals surface area contributed by atoms with Gasteiger partial charge in [0, 0.05) is 11.8 Å². The molecule has 0 aliphatic carbocycles. The van der Waals surface area contributed by atoms with Crippen LogP contribution in [0.25, 0.3) is 0 Å². The Morgan fingerprint density at radius 3 is 2.86 bits per heavy atom. The van der Waals surface area contributed by atoms with E-state index in [4.69, 9.17) is 11.6 Å². The van der Waals surface area contributed by atoms with Gasteiger partial charge in [0.15, 0.2) is 5.15 Å². The molecule has 1 aromatic rings. The van der Waals surface area contributed by atoms with Crippen molar-refractivity contribution >= 4 is 29.2 Å². The van der Waals surface area contributed by atoms with E-state index in [1.54, 1.807) is 6.07 Å². The van der Waals surface area contributed by atoms with Crippen molar-refractivity contribution in [1.29, 1.82) is 0 Å². The van der Waals surface area contributed by atoms with Crippen LogP contribution in [-0.2, 0) is 0 Å². The topological polar surface area (TPSA) is 37.8 Å². The number of aromatic nitrogens is 2. The van der Waals surface area contributed by atoms with Gasteiger partial charge in [-0.2, -0.15) is 11.8 Å². The first-order valence-electron chi connectivity index (χ1n) is 4.48. The molecule has 0 bridgehead atoms. The van der Waals surface area contributed by atoms with Crippen LogP contribution >= 0.6 is 23.4 Å². The van der Waals surface area contributed by atoms with Crippen LogP contribution in [0.2, 0.25) is 5.15 Å². The Hall–Kier alpha value is -0.480. The minimum absolute atomic E-state index is 0.424. The maximum Gasteiger partial charge on any atom is 0.151 e. The molecule has 0 spiro atoms. The smallest absolute Gasteiger partial charge is 0.151 e. The summed E-state index contributed by atoms with van der Waals surface area (Å²) in [6.45, 7) is 3.12. The summed E-state index contributed by atoms with van der Waals surface area (Å²) in [4.78, 5) is 0. The van der Waals surface area contributed by atoms with Gasteiger partial charge >= 0.3 is 0 Å². The fraction of sp³-hybridized carbons (Fsp3) is 0.556. The monoisotopic (exact) mass is 231 g/mol. The molecule has 0 aromatic carbocycles. The predicted octanol–water partition coefficient (Wildman–Crippen LogP) is 2.68. The van der Waals surface area contributed by atoms with Crippen LogP contribution in [-0.4, -0.2) is 28.2 Å². The molecule has 1 unspecified atom stereocenters. The van der Waals surface area contributed by atoms with Crippen LogP contribution in [0.5, 0.6) is 0 Å². The third-order valence-electron chi connectivity index (χ3n) is 1.89. The number of rotatable bonds is 5. The first kappa shape index (κ1) is 11.6. The second kappa shape index (κ2) is 6.09. The largest absolute Gasteiger partial charge is 0.369 e. The van der Waals surface area contributed by atoms with Gasteiger partial charge in [0.2, 0.25) is 0 Å². The highest BCUT2D eigenvalue weighted by atomic mass is 35.5. The van der Waals surface area contributed by atoms with Crippen LogP contribution in [0.3, 0.4) is 0 Å². The molecule has 3 nitrogen and oxygen atoms in total. The van der Waals surface area contributed by atoms with Crippen LogP contribution < -0.4 is 5.32 Å². The molecule has 1 rings (SSSR count). The van der Waals surface area contributed by atoms with Gasteiger partial charge in [0.25, 0.3) is 0 Å². The Morgan fingerprint density at radius 1 is 1.50 bits per heavy atom. The lowest BCUT2D eigenvalue weighted by molar-refractivity contribution is 0.845. The standard InChI is InChI=1S/C9H14ClN3S/c1-7(14-2)5-6-11-9-4-3-8(10)12-13-9/h3-4,7H,5-6H2,1-2H3,(H,11,13). The van der Waals surface area contributed by atoms with Gasteiger partial charge in [-0.3, -0.25) is 0 Å². The molecule has 0 fully saturated rings. The highest BCUT2D eigenvalue weighted by Gasteiger charge is 1.99. The molecule has 0 saturated heterocycles. The van der Waals surface area contributed by atoms with E-state index < -0.39 is 0 Å². The van der Waals surface area contributed by atoms with Gasteiger partial charge in [0.1, 0.15) is 5.82 Å². The van der Waals surface area contributed by atoms with E-state index in [1.807, 2.05) is 17.8 Å². The Kier molecular flexibility index (Phi) is 5.04. The summed E-state index contributed by atoms with van der Waals surface area (Å²) in [5.74, 6) is 0.780. The van der Waals surface area contributed by atoms with Gasteiger partial charge in [0.05, 0.1) is 0 Å². The van der Waals surface area contributed by atoms with Crippen LogP contribution in [0, 0.1) is 0 Å². The molecule has 0 aliphatic heterocycles. The summed E-state index contributed by atoms with van der Waals surface area (Å²) < 4.78 is 0. The van der Waals surface area contributed by atoms with Gasteiger partial charge in [-0.1, -0.05) is 18.5 Å². The van der Waals surface area contributed by atoms with E-state index in [0.29, 0.717) is 10.4 Å². The SMILES string of the molecule is CSC(C)CCNc1ccc(Cl)nn1. The highest BCUT2D eigenvalue weighted by Crippen LogP contribution is 2.10. The van der Waals surface area contributed by atoms with Crippen molar-refractivity contribution in [3.8, 4) is 0 Å². The van der Waals surface area contributed by atoms with Gasteiger partial charge in [-0.15, -0.1) is 10.2 Å². The van der Waals surface area contributed by atoms with Crippen molar-refractivity contribution in [2.75, 3.05) is 18.1 Å². The van der Waals surface area contributed by atoms with Crippen molar-refractivity contribution in [2.24, 2.45) is 0 Å². The molecule has 1 heterocycles. The van der Waals surface area contributed by atoms with Crippen LogP contribution in [0.15, 0.2) is 12.1 Å². The molecule has 1 N–H and O–H groups in total. The molecule has 1 atom stereocenters. The fourth-order valence-electron chi connectivity index (χ4n) is 0.932. The van der Waals surface area contributed by atoms with Crippen molar-refractivity contribution < 1.29 is 0 Å². The Bertz CT molecular complexity index is 265. The number of nitrogens with one attached hydrogen (secondary N) is 1. The van der Waals surface area contributed by atoms with Crippen LogP contribution in [0.4, 0.5) is 5.82 Å². The van der Waals surface area contributed by atoms with E-state index in [9.17, 15) is 0 Å². The summed E-state index contributed by atoms with van der Waals surface area (Å²) in [6, 6.07) is 3.56. The maximum atomic E-state index is 5.61. The average molecular weight is 232 g/mol. The van der Waals surface area contributed by atoms with Gasteiger partial charge in [-0.25, -0.2) is 0 Å². The quantitative estimate of drug-likeness (QED) is 0.846. The first-order valence-corrected chi connectivity index (χ1v) is 6.15. The van der Waals surface area contributed by atoms with Crippen molar-refractivity contribution in [2.45, 2.75) is 18.6 Å². The predicted molar refractivity (Wildman–Crippen MR) is 63.1 cm³/mol. The van der Waals surface area contributed by atoms with E-state index in [1.165, 1.54) is 0 Å². The van der Waals surface area contributed by atoms with E-state index in [-0.39, 0.29) is 0 Å². The lowest BCUT2D eigenvalue weighted by Crippen LogP contribution is -2.08. The summed E-state index contributed by atoms with van der Waals surface area (Å²) in [5, 5.41) is 11.9. The second-order valence-electron chi connectivity index (χ2n) is 3.00. The fourth-order valence-corrected chi connectivity index (χ4v) is 1.39. The van der Waals surface area contributed by atoms with E-state index >= 15 is 0 Å². The molecule has 78 valence electrons. The number of hydrogen-bond donors (Lipinski definition) is 1. The van der Waals surface area contributed by atoms with Gasteiger partial charge < -0.3 is 5.32 Å².